The lowest BCUT2D eigenvalue weighted by atomic mass is 10.1. The summed E-state index contributed by atoms with van der Waals surface area (Å²) in [4.78, 5) is 12.0. The molecule has 0 radical (unpaired) electrons. The van der Waals surface area contributed by atoms with Crippen LogP contribution in [0.25, 0.3) is 0 Å². The zero-order chi connectivity index (χ0) is 11.5. The zero-order valence-corrected chi connectivity index (χ0v) is 9.87. The molecule has 1 atom stereocenters. The molecule has 1 aromatic rings. The van der Waals surface area contributed by atoms with Crippen molar-refractivity contribution in [2.45, 2.75) is 11.0 Å². The van der Waals surface area contributed by atoms with Crippen LogP contribution in [0.15, 0.2) is 23.1 Å². The molecule has 1 heterocycles. The molecule has 1 unspecified atom stereocenters. The van der Waals surface area contributed by atoms with Gasteiger partial charge in [-0.15, -0.1) is 11.8 Å². The van der Waals surface area contributed by atoms with E-state index in [0.29, 0.717) is 5.75 Å². The van der Waals surface area contributed by atoms with Crippen molar-refractivity contribution < 1.29 is 19.0 Å². The Balaban J connectivity index is 2.18. The van der Waals surface area contributed by atoms with E-state index >= 15 is 0 Å². The fourth-order valence-electron chi connectivity index (χ4n) is 1.56. The first kappa shape index (κ1) is 11.3. The molecule has 0 N–H and O–H groups in total. The van der Waals surface area contributed by atoms with Crippen LogP contribution < -0.4 is 4.74 Å². The Bertz CT molecular complexity index is 405. The monoisotopic (exact) mass is 240 g/mol. The van der Waals surface area contributed by atoms with Gasteiger partial charge in [-0.05, 0) is 17.7 Å². The van der Waals surface area contributed by atoms with E-state index in [4.69, 9.17) is 9.47 Å². The highest BCUT2D eigenvalue weighted by molar-refractivity contribution is 7.99. The Morgan fingerprint density at radius 2 is 2.25 bits per heavy atom. The van der Waals surface area contributed by atoms with Crippen LogP contribution in [0.1, 0.15) is 11.7 Å². The maximum absolute atomic E-state index is 10.9. The Morgan fingerprint density at radius 1 is 1.44 bits per heavy atom. The van der Waals surface area contributed by atoms with Crippen LogP contribution >= 0.6 is 11.8 Å². The quantitative estimate of drug-likeness (QED) is 0.587. The number of methoxy groups -OCH3 is 2. The number of rotatable bonds is 2. The number of fused-ring (bicyclic) bond motifs is 1. The standard InChI is InChI=1S/C11H12O4S/c1-13-9-6-16-10-5-7(3-4-8(9)10)15-11(12)14-2/h3-5,9H,6H2,1-2H3. The Labute approximate surface area is 97.9 Å². The second kappa shape index (κ2) is 4.76. The molecule has 1 aromatic carbocycles. The molecule has 4 nitrogen and oxygen atoms in total. The van der Waals surface area contributed by atoms with Gasteiger partial charge in [-0.25, -0.2) is 4.79 Å². The van der Waals surface area contributed by atoms with Gasteiger partial charge in [0.15, 0.2) is 0 Å². The lowest BCUT2D eigenvalue weighted by molar-refractivity contribution is 0.120. The molecule has 0 aromatic heterocycles. The van der Waals surface area contributed by atoms with Crippen LogP contribution in [0.5, 0.6) is 5.75 Å². The third-order valence-corrected chi connectivity index (χ3v) is 3.51. The van der Waals surface area contributed by atoms with Crippen LogP contribution in [0, 0.1) is 0 Å². The summed E-state index contributed by atoms with van der Waals surface area (Å²) in [6, 6.07) is 5.49. The molecule has 0 fully saturated rings. The molecule has 0 saturated carbocycles. The van der Waals surface area contributed by atoms with E-state index < -0.39 is 6.16 Å². The van der Waals surface area contributed by atoms with Crippen LogP contribution in [0.2, 0.25) is 0 Å². The smallest absolute Gasteiger partial charge is 0.437 e. The van der Waals surface area contributed by atoms with Crippen LogP contribution in [-0.4, -0.2) is 26.1 Å². The molecule has 0 spiro atoms. The SMILES string of the molecule is COC(=O)Oc1ccc2c(c1)SCC2OC. The van der Waals surface area contributed by atoms with E-state index in [1.54, 1.807) is 24.9 Å². The summed E-state index contributed by atoms with van der Waals surface area (Å²) in [5, 5.41) is 0. The van der Waals surface area contributed by atoms with Crippen molar-refractivity contribution >= 4 is 17.9 Å². The van der Waals surface area contributed by atoms with Gasteiger partial charge in [0.1, 0.15) is 5.75 Å². The van der Waals surface area contributed by atoms with E-state index in [-0.39, 0.29) is 6.10 Å². The largest absolute Gasteiger partial charge is 0.513 e. The van der Waals surface area contributed by atoms with Gasteiger partial charge in [-0.3, -0.25) is 0 Å². The van der Waals surface area contributed by atoms with Crippen molar-refractivity contribution in [3.05, 3.63) is 23.8 Å². The molecule has 1 aliphatic heterocycles. The molecular formula is C11H12O4S. The van der Waals surface area contributed by atoms with Gasteiger partial charge < -0.3 is 14.2 Å². The minimum Gasteiger partial charge on any atom is -0.437 e. The number of carbonyl (C=O) groups excluding carboxylic acids is 1. The number of benzene rings is 1. The summed E-state index contributed by atoms with van der Waals surface area (Å²) in [6.07, 6.45) is -0.571. The minimum absolute atomic E-state index is 0.132. The highest BCUT2D eigenvalue weighted by Crippen LogP contribution is 2.41. The van der Waals surface area contributed by atoms with E-state index in [1.807, 2.05) is 12.1 Å². The lowest BCUT2D eigenvalue weighted by Gasteiger charge is -2.08. The summed E-state index contributed by atoms with van der Waals surface area (Å²) in [5.74, 6) is 1.39. The molecule has 0 amide bonds. The molecule has 86 valence electrons. The fraction of sp³-hybridized carbons (Fsp3) is 0.364. The van der Waals surface area contributed by atoms with Gasteiger partial charge in [-0.2, -0.15) is 0 Å². The molecular weight excluding hydrogens is 228 g/mol. The Kier molecular flexibility index (Phi) is 3.36. The first-order valence-corrected chi connectivity index (χ1v) is 5.78. The molecule has 0 saturated heterocycles. The average molecular weight is 240 g/mol. The van der Waals surface area contributed by atoms with Gasteiger partial charge in [-0.1, -0.05) is 6.07 Å². The summed E-state index contributed by atoms with van der Waals surface area (Å²) in [5.41, 5.74) is 1.14. The molecule has 2 rings (SSSR count). The Morgan fingerprint density at radius 3 is 2.94 bits per heavy atom. The van der Waals surface area contributed by atoms with E-state index in [1.165, 1.54) is 7.11 Å². The number of thioether (sulfide) groups is 1. The van der Waals surface area contributed by atoms with Gasteiger partial charge >= 0.3 is 6.16 Å². The van der Waals surface area contributed by atoms with Crippen molar-refractivity contribution in [3.8, 4) is 5.75 Å². The van der Waals surface area contributed by atoms with Gasteiger partial charge in [0.25, 0.3) is 0 Å². The van der Waals surface area contributed by atoms with Gasteiger partial charge in [0.2, 0.25) is 0 Å². The molecule has 0 bridgehead atoms. The predicted molar refractivity (Wildman–Crippen MR) is 59.9 cm³/mol. The molecule has 16 heavy (non-hydrogen) atoms. The van der Waals surface area contributed by atoms with Gasteiger partial charge in [0, 0.05) is 17.8 Å². The van der Waals surface area contributed by atoms with E-state index in [0.717, 1.165) is 16.2 Å². The average Bonchev–Trinajstić information content (AvgIpc) is 2.71. The normalized spacial score (nSPS) is 18.0. The summed E-state index contributed by atoms with van der Waals surface area (Å²) < 4.78 is 14.7. The van der Waals surface area contributed by atoms with Crippen LogP contribution in [-0.2, 0) is 9.47 Å². The number of hydrogen-bond donors (Lipinski definition) is 0. The molecule has 0 aliphatic carbocycles. The number of hydrogen-bond acceptors (Lipinski definition) is 5. The summed E-state index contributed by atoms with van der Waals surface area (Å²) in [6.45, 7) is 0. The fourth-order valence-corrected chi connectivity index (χ4v) is 2.77. The number of carbonyl (C=O) groups is 1. The topological polar surface area (TPSA) is 44.8 Å². The summed E-state index contributed by atoms with van der Waals surface area (Å²) in [7, 11) is 2.98. The molecule has 1 aliphatic rings. The van der Waals surface area contributed by atoms with Crippen LogP contribution in [0.4, 0.5) is 4.79 Å². The van der Waals surface area contributed by atoms with Crippen molar-refractivity contribution in [2.24, 2.45) is 0 Å². The predicted octanol–water partition coefficient (Wildman–Crippen LogP) is 2.63. The summed E-state index contributed by atoms with van der Waals surface area (Å²) >= 11 is 1.69. The van der Waals surface area contributed by atoms with Crippen molar-refractivity contribution in [1.82, 2.24) is 0 Å². The second-order valence-corrected chi connectivity index (χ2v) is 4.35. The third kappa shape index (κ3) is 2.15. The first-order valence-electron chi connectivity index (χ1n) is 4.80. The second-order valence-electron chi connectivity index (χ2n) is 3.29. The van der Waals surface area contributed by atoms with Gasteiger partial charge in [0.05, 0.1) is 13.2 Å². The lowest BCUT2D eigenvalue weighted by Crippen LogP contribution is -2.07. The first-order chi connectivity index (χ1) is 7.74. The highest BCUT2D eigenvalue weighted by Gasteiger charge is 2.23. The van der Waals surface area contributed by atoms with Crippen LogP contribution in [0.3, 0.4) is 0 Å². The van der Waals surface area contributed by atoms with E-state index in [9.17, 15) is 4.79 Å². The van der Waals surface area contributed by atoms with Crippen molar-refractivity contribution in [2.75, 3.05) is 20.0 Å². The van der Waals surface area contributed by atoms with E-state index in [2.05, 4.69) is 4.74 Å². The maximum Gasteiger partial charge on any atom is 0.513 e. The highest BCUT2D eigenvalue weighted by atomic mass is 32.2. The maximum atomic E-state index is 10.9. The third-order valence-electron chi connectivity index (χ3n) is 2.37. The Hall–Kier alpha value is -1.20. The van der Waals surface area contributed by atoms with Crippen molar-refractivity contribution in [1.29, 1.82) is 0 Å². The minimum atomic E-state index is -0.703. The number of ether oxygens (including phenoxy) is 3. The zero-order valence-electron chi connectivity index (χ0n) is 9.06. The van der Waals surface area contributed by atoms with Crippen molar-refractivity contribution in [3.63, 3.8) is 0 Å². The molecule has 5 heteroatoms.